The number of nitrogens with two attached hydrogens (primary N) is 1. The Morgan fingerprint density at radius 3 is 2.14 bits per heavy atom. The van der Waals surface area contributed by atoms with E-state index < -0.39 is 28.2 Å². The van der Waals surface area contributed by atoms with Crippen molar-refractivity contribution in [3.8, 4) is 0 Å². The van der Waals surface area contributed by atoms with E-state index >= 15 is 0 Å². The number of aliphatic hydroxyl groups excluding tert-OH is 1. The maximum Gasteiger partial charge on any atom is 0.243 e. The molecule has 194 valence electrons. The van der Waals surface area contributed by atoms with Gasteiger partial charge in [0.2, 0.25) is 15.9 Å². The predicted molar refractivity (Wildman–Crippen MR) is 140 cm³/mol. The van der Waals surface area contributed by atoms with Crippen molar-refractivity contribution in [2.24, 2.45) is 17.6 Å². The van der Waals surface area contributed by atoms with Crippen LogP contribution in [0.4, 0.5) is 0 Å². The monoisotopic (exact) mass is 503 g/mol. The summed E-state index contributed by atoms with van der Waals surface area (Å²) in [6.45, 7) is 8.06. The molecular formula is C27H41N3O4S. The number of rotatable bonds is 14. The van der Waals surface area contributed by atoms with Crippen molar-refractivity contribution in [2.75, 3.05) is 13.1 Å². The molecule has 2 aromatic carbocycles. The predicted octanol–water partition coefficient (Wildman–Crippen LogP) is 3.19. The van der Waals surface area contributed by atoms with Crippen molar-refractivity contribution in [1.82, 2.24) is 9.62 Å². The van der Waals surface area contributed by atoms with Crippen LogP contribution in [0.25, 0.3) is 0 Å². The molecule has 0 aromatic heterocycles. The van der Waals surface area contributed by atoms with Gasteiger partial charge in [-0.3, -0.25) is 4.79 Å². The summed E-state index contributed by atoms with van der Waals surface area (Å²) in [6.07, 6.45) is 0.616. The Bertz CT molecular complexity index is 1000. The Labute approximate surface area is 210 Å². The summed E-state index contributed by atoms with van der Waals surface area (Å²) in [7, 11) is -3.82. The van der Waals surface area contributed by atoms with Gasteiger partial charge in [-0.1, -0.05) is 82.6 Å². The number of nitrogens with one attached hydrogen (secondary N) is 1. The Kier molecular flexibility index (Phi) is 11.4. The lowest BCUT2D eigenvalue weighted by atomic mass is 9.97. The van der Waals surface area contributed by atoms with Crippen LogP contribution in [-0.2, 0) is 21.2 Å². The first-order valence-electron chi connectivity index (χ1n) is 12.4. The molecule has 2 aromatic rings. The van der Waals surface area contributed by atoms with Crippen molar-refractivity contribution in [1.29, 1.82) is 0 Å². The molecule has 0 aliphatic heterocycles. The first-order valence-corrected chi connectivity index (χ1v) is 13.8. The number of sulfonamides is 1. The second-order valence-corrected chi connectivity index (χ2v) is 11.6. The van der Waals surface area contributed by atoms with Gasteiger partial charge in [0.1, 0.15) is 0 Å². The number of carbonyl (C=O) groups is 1. The largest absolute Gasteiger partial charge is 0.390 e. The van der Waals surface area contributed by atoms with Crippen molar-refractivity contribution in [3.63, 3.8) is 0 Å². The van der Waals surface area contributed by atoms with Crippen molar-refractivity contribution >= 4 is 15.9 Å². The molecule has 2 rings (SSSR count). The molecule has 4 N–H and O–H groups in total. The summed E-state index contributed by atoms with van der Waals surface area (Å²) in [5.74, 6) is -0.0848. The van der Waals surface area contributed by atoms with Crippen LogP contribution in [0, 0.1) is 11.8 Å². The van der Waals surface area contributed by atoms with E-state index in [0.29, 0.717) is 12.8 Å². The molecule has 0 saturated heterocycles. The van der Waals surface area contributed by atoms with Gasteiger partial charge < -0.3 is 16.2 Å². The number of amides is 1. The van der Waals surface area contributed by atoms with Crippen molar-refractivity contribution in [3.05, 3.63) is 66.2 Å². The van der Waals surface area contributed by atoms with Crippen LogP contribution in [0.15, 0.2) is 65.6 Å². The first-order chi connectivity index (χ1) is 16.6. The molecule has 0 aliphatic rings. The molecule has 0 saturated carbocycles. The Balaban J connectivity index is 2.31. The van der Waals surface area contributed by atoms with E-state index in [9.17, 15) is 18.3 Å². The normalized spacial score (nSPS) is 15.5. The van der Waals surface area contributed by atoms with Gasteiger partial charge in [0.25, 0.3) is 0 Å². The van der Waals surface area contributed by atoms with Gasteiger partial charge in [0, 0.05) is 13.1 Å². The number of carbonyl (C=O) groups excluding carboxylic acids is 1. The fourth-order valence-corrected chi connectivity index (χ4v) is 5.23. The van der Waals surface area contributed by atoms with E-state index in [1.165, 1.54) is 4.31 Å². The summed E-state index contributed by atoms with van der Waals surface area (Å²) in [4.78, 5) is 13.1. The third-order valence-corrected chi connectivity index (χ3v) is 8.26. The smallest absolute Gasteiger partial charge is 0.243 e. The molecule has 0 aliphatic carbocycles. The first kappa shape index (κ1) is 29.0. The minimum absolute atomic E-state index is 0.0227. The average Bonchev–Trinajstić information content (AvgIpc) is 2.85. The molecule has 7 nitrogen and oxygen atoms in total. The molecule has 0 bridgehead atoms. The van der Waals surface area contributed by atoms with Crippen molar-refractivity contribution < 1.29 is 18.3 Å². The fraction of sp³-hybridized carbons (Fsp3) is 0.519. The summed E-state index contributed by atoms with van der Waals surface area (Å²) < 4.78 is 28.2. The highest BCUT2D eigenvalue weighted by Crippen LogP contribution is 2.19. The highest BCUT2D eigenvalue weighted by molar-refractivity contribution is 7.89. The quantitative estimate of drug-likeness (QED) is 0.367. The van der Waals surface area contributed by atoms with Gasteiger partial charge in [0.15, 0.2) is 0 Å². The zero-order valence-corrected chi connectivity index (χ0v) is 22.1. The highest BCUT2D eigenvalue weighted by Gasteiger charge is 2.32. The minimum Gasteiger partial charge on any atom is -0.390 e. The molecule has 35 heavy (non-hydrogen) atoms. The van der Waals surface area contributed by atoms with Crippen molar-refractivity contribution in [2.45, 2.75) is 70.0 Å². The lowest BCUT2D eigenvalue weighted by Gasteiger charge is -2.31. The molecule has 0 fully saturated rings. The molecule has 8 heteroatoms. The van der Waals surface area contributed by atoms with E-state index in [4.69, 9.17) is 5.73 Å². The van der Waals surface area contributed by atoms with E-state index in [2.05, 4.69) is 5.32 Å². The number of aliphatic hydroxyl groups is 1. The van der Waals surface area contributed by atoms with Gasteiger partial charge in [-0.05, 0) is 42.4 Å². The maximum absolute atomic E-state index is 13.4. The molecule has 0 radical (unpaired) electrons. The van der Waals surface area contributed by atoms with E-state index in [1.807, 2.05) is 58.0 Å². The fourth-order valence-electron chi connectivity index (χ4n) is 3.73. The molecular weight excluding hydrogens is 462 g/mol. The summed E-state index contributed by atoms with van der Waals surface area (Å²) in [6, 6.07) is 16.3. The zero-order chi connectivity index (χ0) is 26.0. The third kappa shape index (κ3) is 8.72. The number of hydrogen-bond acceptors (Lipinski definition) is 5. The van der Waals surface area contributed by atoms with Crippen LogP contribution >= 0.6 is 0 Å². The Hall–Kier alpha value is -2.26. The highest BCUT2D eigenvalue weighted by atomic mass is 32.2. The van der Waals surface area contributed by atoms with Crippen LogP contribution in [0.1, 0.15) is 46.1 Å². The molecule has 1 amide bonds. The molecule has 4 atom stereocenters. The Morgan fingerprint density at radius 2 is 1.60 bits per heavy atom. The number of nitrogens with zero attached hydrogens (tertiary/aromatic N) is 1. The van der Waals surface area contributed by atoms with E-state index in [-0.39, 0.29) is 35.7 Å². The SMILES string of the molecule is CCC(C)[C@H](N)C(=O)N[C@@H](Cc1ccccc1)[C@H](O)CN(CCC(C)C)S(=O)(=O)c1ccccc1. The lowest BCUT2D eigenvalue weighted by Crippen LogP contribution is -2.55. The molecule has 0 spiro atoms. The van der Waals surface area contributed by atoms with Crippen LogP contribution in [0.3, 0.4) is 0 Å². The van der Waals surface area contributed by atoms with Crippen LogP contribution in [0.2, 0.25) is 0 Å². The third-order valence-electron chi connectivity index (χ3n) is 6.38. The summed E-state index contributed by atoms with van der Waals surface area (Å²) in [5, 5.41) is 14.2. The van der Waals surface area contributed by atoms with Gasteiger partial charge in [-0.2, -0.15) is 4.31 Å². The van der Waals surface area contributed by atoms with Crippen LogP contribution in [-0.4, -0.2) is 55.0 Å². The summed E-state index contributed by atoms with van der Waals surface area (Å²) in [5.41, 5.74) is 7.07. The average molecular weight is 504 g/mol. The zero-order valence-electron chi connectivity index (χ0n) is 21.3. The second kappa shape index (κ2) is 13.7. The lowest BCUT2D eigenvalue weighted by molar-refractivity contribution is -0.125. The number of benzene rings is 2. The molecule has 1 unspecified atom stereocenters. The summed E-state index contributed by atoms with van der Waals surface area (Å²) >= 11 is 0. The second-order valence-electron chi connectivity index (χ2n) is 9.64. The van der Waals surface area contributed by atoms with Gasteiger partial charge >= 0.3 is 0 Å². The van der Waals surface area contributed by atoms with Gasteiger partial charge in [0.05, 0.1) is 23.1 Å². The van der Waals surface area contributed by atoms with Crippen LogP contribution < -0.4 is 11.1 Å². The number of hydrogen-bond donors (Lipinski definition) is 3. The van der Waals surface area contributed by atoms with E-state index in [0.717, 1.165) is 12.0 Å². The molecule has 0 heterocycles. The van der Waals surface area contributed by atoms with Gasteiger partial charge in [-0.15, -0.1) is 0 Å². The van der Waals surface area contributed by atoms with Gasteiger partial charge in [-0.25, -0.2) is 8.42 Å². The minimum atomic E-state index is -3.82. The van der Waals surface area contributed by atoms with Crippen LogP contribution in [0.5, 0.6) is 0 Å². The topological polar surface area (TPSA) is 113 Å². The maximum atomic E-state index is 13.4. The van der Waals surface area contributed by atoms with E-state index in [1.54, 1.807) is 30.3 Å². The Morgan fingerprint density at radius 1 is 1.03 bits per heavy atom. The standard InChI is InChI=1S/C27H41N3O4S/c1-5-21(4)26(28)27(32)29-24(18-22-12-8-6-9-13-22)25(31)19-30(17-16-20(2)3)35(33,34)23-14-10-7-11-15-23/h6-15,20-21,24-26,31H,5,16-19,28H2,1-4H3,(H,29,32)/t21?,24-,25+,26-/m0/s1.